The number of ether oxygens (including phenoxy) is 3. The standard InChI is InChI=1S/C25H18F10O3/c1-2-3-4-14-5-10-18(19(26)11-14)24(31,32)36-16-8-6-15(7-9-16)23(29,30)37-17-12-20(27)22(21(28)13-17)38-25(33,34)35/h5-13H,2-4H2,1H3. The first kappa shape index (κ1) is 28.9. The van der Waals surface area contributed by atoms with Crippen molar-refractivity contribution >= 4 is 0 Å². The molecule has 13 heteroatoms. The summed E-state index contributed by atoms with van der Waals surface area (Å²) >= 11 is 0. The van der Waals surface area contributed by atoms with E-state index in [9.17, 15) is 43.9 Å². The van der Waals surface area contributed by atoms with Crippen LogP contribution >= 0.6 is 0 Å². The van der Waals surface area contributed by atoms with Crippen molar-refractivity contribution in [1.29, 1.82) is 0 Å². The van der Waals surface area contributed by atoms with E-state index in [-0.39, 0.29) is 12.1 Å². The van der Waals surface area contributed by atoms with Gasteiger partial charge < -0.3 is 14.2 Å². The summed E-state index contributed by atoms with van der Waals surface area (Å²) in [7, 11) is 0. The normalized spacial score (nSPS) is 12.4. The van der Waals surface area contributed by atoms with E-state index in [1.54, 1.807) is 0 Å². The fourth-order valence-corrected chi connectivity index (χ4v) is 3.27. The third-order valence-corrected chi connectivity index (χ3v) is 5.04. The van der Waals surface area contributed by atoms with Crippen molar-refractivity contribution in [1.82, 2.24) is 0 Å². The highest BCUT2D eigenvalue weighted by atomic mass is 19.4. The second kappa shape index (κ2) is 11.0. The SMILES string of the molecule is CCCCc1ccc(C(F)(F)Oc2ccc(C(F)(F)Oc3cc(F)c(OC(F)(F)F)c(F)c3)cc2)c(F)c1. The van der Waals surface area contributed by atoms with Crippen LogP contribution in [0, 0.1) is 17.5 Å². The molecule has 0 aliphatic carbocycles. The zero-order chi connectivity index (χ0) is 28.3. The molecule has 0 bridgehead atoms. The highest BCUT2D eigenvalue weighted by molar-refractivity contribution is 5.37. The topological polar surface area (TPSA) is 27.7 Å². The van der Waals surface area contributed by atoms with Gasteiger partial charge in [0.05, 0.1) is 11.1 Å². The minimum absolute atomic E-state index is 0.0399. The maximum atomic E-state index is 14.5. The molecule has 0 spiro atoms. The molecule has 38 heavy (non-hydrogen) atoms. The van der Waals surface area contributed by atoms with Crippen molar-refractivity contribution in [2.75, 3.05) is 0 Å². The van der Waals surface area contributed by atoms with Crippen molar-refractivity contribution in [3.05, 3.63) is 88.7 Å². The number of hydrogen-bond acceptors (Lipinski definition) is 3. The van der Waals surface area contributed by atoms with Gasteiger partial charge in [0.25, 0.3) is 0 Å². The molecular formula is C25H18F10O3. The predicted octanol–water partition coefficient (Wildman–Crippen LogP) is 8.60. The van der Waals surface area contributed by atoms with E-state index >= 15 is 0 Å². The van der Waals surface area contributed by atoms with Gasteiger partial charge in [0.2, 0.25) is 5.75 Å². The molecule has 206 valence electrons. The van der Waals surface area contributed by atoms with E-state index in [1.165, 1.54) is 6.07 Å². The Hall–Kier alpha value is -3.64. The van der Waals surface area contributed by atoms with Gasteiger partial charge in [-0.3, -0.25) is 0 Å². The molecule has 0 unspecified atom stereocenters. The molecule has 3 aromatic rings. The number of unbranched alkanes of at least 4 members (excludes halogenated alkanes) is 1. The lowest BCUT2D eigenvalue weighted by Crippen LogP contribution is -2.24. The molecule has 3 nitrogen and oxygen atoms in total. The highest BCUT2D eigenvalue weighted by Crippen LogP contribution is 2.38. The molecule has 3 aromatic carbocycles. The lowest BCUT2D eigenvalue weighted by atomic mass is 10.1. The molecule has 0 radical (unpaired) electrons. The second-order valence-electron chi connectivity index (χ2n) is 7.94. The van der Waals surface area contributed by atoms with Gasteiger partial charge in [-0.05, 0) is 54.8 Å². The summed E-state index contributed by atoms with van der Waals surface area (Å²) < 4.78 is 148. The van der Waals surface area contributed by atoms with Crippen LogP contribution in [-0.4, -0.2) is 6.36 Å². The van der Waals surface area contributed by atoms with Crippen molar-refractivity contribution in [3.8, 4) is 17.2 Å². The Morgan fingerprint density at radius 2 is 1.21 bits per heavy atom. The number of halogens is 10. The molecule has 0 saturated carbocycles. The Bertz CT molecular complexity index is 1230. The van der Waals surface area contributed by atoms with Crippen LogP contribution in [0.3, 0.4) is 0 Å². The fraction of sp³-hybridized carbons (Fsp3) is 0.280. The first-order chi connectivity index (χ1) is 17.6. The van der Waals surface area contributed by atoms with Gasteiger partial charge in [-0.1, -0.05) is 19.4 Å². The van der Waals surface area contributed by atoms with Crippen molar-refractivity contribution in [2.24, 2.45) is 0 Å². The largest absolute Gasteiger partial charge is 0.573 e. The average molecular weight is 556 g/mol. The Morgan fingerprint density at radius 1 is 0.632 bits per heavy atom. The quantitative estimate of drug-likeness (QED) is 0.234. The minimum Gasteiger partial charge on any atom is -0.429 e. The van der Waals surface area contributed by atoms with Crippen LogP contribution in [0.4, 0.5) is 43.9 Å². The summed E-state index contributed by atoms with van der Waals surface area (Å²) in [5, 5.41) is 0. The van der Waals surface area contributed by atoms with Crippen LogP contribution in [0.5, 0.6) is 17.2 Å². The molecule has 0 aromatic heterocycles. The molecule has 0 amide bonds. The molecule has 0 fully saturated rings. The smallest absolute Gasteiger partial charge is 0.429 e. The van der Waals surface area contributed by atoms with Gasteiger partial charge in [-0.25, -0.2) is 13.2 Å². The lowest BCUT2D eigenvalue weighted by molar-refractivity contribution is -0.276. The Labute approximate surface area is 209 Å². The zero-order valence-electron chi connectivity index (χ0n) is 19.3. The van der Waals surface area contributed by atoms with Crippen LogP contribution in [0.15, 0.2) is 54.6 Å². The monoisotopic (exact) mass is 556 g/mol. The summed E-state index contributed by atoms with van der Waals surface area (Å²) in [5.74, 6) is -8.85. The number of alkyl halides is 7. The molecular weight excluding hydrogens is 538 g/mol. The molecule has 3 rings (SSSR count). The number of hydrogen-bond donors (Lipinski definition) is 0. The molecule has 0 aliphatic rings. The van der Waals surface area contributed by atoms with Gasteiger partial charge in [0, 0.05) is 12.1 Å². The minimum atomic E-state index is -5.45. The maximum Gasteiger partial charge on any atom is 0.573 e. The van der Waals surface area contributed by atoms with Crippen molar-refractivity contribution in [2.45, 2.75) is 44.8 Å². The van der Waals surface area contributed by atoms with Crippen LogP contribution in [-0.2, 0) is 18.6 Å². The molecule has 0 atom stereocenters. The summed E-state index contributed by atoms with van der Waals surface area (Å²) in [6.07, 6.45) is -11.9. The van der Waals surface area contributed by atoms with Crippen LogP contribution in [0.1, 0.15) is 36.5 Å². The van der Waals surface area contributed by atoms with Crippen molar-refractivity contribution in [3.63, 3.8) is 0 Å². The molecule has 0 N–H and O–H groups in total. The molecule has 0 saturated heterocycles. The molecule has 0 heterocycles. The first-order valence-corrected chi connectivity index (χ1v) is 10.9. The van der Waals surface area contributed by atoms with Gasteiger partial charge in [0.1, 0.15) is 17.3 Å². The lowest BCUT2D eigenvalue weighted by Gasteiger charge is -2.21. The van der Waals surface area contributed by atoms with E-state index in [4.69, 9.17) is 0 Å². The predicted molar refractivity (Wildman–Crippen MR) is 114 cm³/mol. The maximum absolute atomic E-state index is 14.5. The van der Waals surface area contributed by atoms with E-state index in [1.807, 2.05) is 6.92 Å². The summed E-state index contributed by atoms with van der Waals surface area (Å²) in [6, 6.07) is 5.77. The van der Waals surface area contributed by atoms with Crippen LogP contribution in [0.2, 0.25) is 0 Å². The van der Waals surface area contributed by atoms with E-state index < -0.39 is 64.4 Å². The highest BCUT2D eigenvalue weighted by Gasteiger charge is 2.39. The van der Waals surface area contributed by atoms with Gasteiger partial charge in [0.15, 0.2) is 11.6 Å². The third-order valence-electron chi connectivity index (χ3n) is 5.04. The average Bonchev–Trinajstić information content (AvgIpc) is 2.79. The van der Waals surface area contributed by atoms with Crippen LogP contribution in [0.25, 0.3) is 0 Å². The third kappa shape index (κ3) is 7.23. The summed E-state index contributed by atoms with van der Waals surface area (Å²) in [6.45, 7) is 1.91. The van der Waals surface area contributed by atoms with Gasteiger partial charge >= 0.3 is 18.6 Å². The Morgan fingerprint density at radius 3 is 1.74 bits per heavy atom. The second-order valence-corrected chi connectivity index (χ2v) is 7.94. The number of aryl methyl sites for hydroxylation is 1. The van der Waals surface area contributed by atoms with Crippen molar-refractivity contribution < 1.29 is 58.1 Å². The Kier molecular flexibility index (Phi) is 8.37. The van der Waals surface area contributed by atoms with E-state index in [0.717, 1.165) is 25.0 Å². The Balaban J connectivity index is 1.74. The van der Waals surface area contributed by atoms with E-state index in [0.29, 0.717) is 36.2 Å². The summed E-state index contributed by atoms with van der Waals surface area (Å²) in [5.41, 5.74) is -1.55. The summed E-state index contributed by atoms with van der Waals surface area (Å²) in [4.78, 5) is 0. The number of benzene rings is 3. The molecule has 0 aliphatic heterocycles. The first-order valence-electron chi connectivity index (χ1n) is 10.9. The van der Waals surface area contributed by atoms with Crippen LogP contribution < -0.4 is 14.2 Å². The van der Waals surface area contributed by atoms with E-state index in [2.05, 4.69) is 14.2 Å². The zero-order valence-corrected chi connectivity index (χ0v) is 19.3. The fourth-order valence-electron chi connectivity index (χ4n) is 3.27. The van der Waals surface area contributed by atoms with Gasteiger partial charge in [-0.15, -0.1) is 13.2 Å². The van der Waals surface area contributed by atoms with Gasteiger partial charge in [-0.2, -0.15) is 17.6 Å². The number of rotatable bonds is 10.